The molecule has 1 aromatic rings. The van der Waals surface area contributed by atoms with Crippen LogP contribution in [-0.4, -0.2) is 19.8 Å². The highest BCUT2D eigenvalue weighted by atomic mass is 35.5. The Morgan fingerprint density at radius 1 is 1.35 bits per heavy atom. The molecule has 1 aromatic carbocycles. The number of nitrogens with one attached hydrogen (secondary N) is 1. The lowest BCUT2D eigenvalue weighted by atomic mass is 10.2. The Labute approximate surface area is 106 Å². The normalized spacial score (nSPS) is 13.5. The fourth-order valence-corrected chi connectivity index (χ4v) is 1.99. The van der Waals surface area contributed by atoms with Crippen molar-refractivity contribution in [1.82, 2.24) is 5.32 Å². The van der Waals surface area contributed by atoms with Gasteiger partial charge < -0.3 is 14.8 Å². The largest absolute Gasteiger partial charge is 0.486 e. The Morgan fingerprint density at radius 3 is 3.00 bits per heavy atom. The smallest absolute Gasteiger partial charge is 0.179 e. The summed E-state index contributed by atoms with van der Waals surface area (Å²) in [5.41, 5.74) is 1.10. The number of halogens is 1. The van der Waals surface area contributed by atoms with E-state index >= 15 is 0 Å². The van der Waals surface area contributed by atoms with E-state index in [1.165, 1.54) is 0 Å². The van der Waals surface area contributed by atoms with Gasteiger partial charge in [-0.25, -0.2) is 0 Å². The van der Waals surface area contributed by atoms with Crippen LogP contribution in [0.1, 0.15) is 12.0 Å². The Kier molecular flexibility index (Phi) is 4.29. The summed E-state index contributed by atoms with van der Waals surface area (Å²) in [5.74, 6) is 1.40. The van der Waals surface area contributed by atoms with Gasteiger partial charge in [0.15, 0.2) is 11.5 Å². The van der Waals surface area contributed by atoms with E-state index in [1.807, 2.05) is 18.2 Å². The first-order valence-corrected chi connectivity index (χ1v) is 6.08. The van der Waals surface area contributed by atoms with Crippen LogP contribution < -0.4 is 14.8 Å². The molecule has 0 saturated carbocycles. The topological polar surface area (TPSA) is 30.5 Å². The van der Waals surface area contributed by atoms with Crippen molar-refractivity contribution in [3.63, 3.8) is 0 Å². The van der Waals surface area contributed by atoms with Crippen LogP contribution in [0.4, 0.5) is 0 Å². The molecule has 92 valence electrons. The summed E-state index contributed by atoms with van der Waals surface area (Å²) in [4.78, 5) is 0. The average molecular weight is 254 g/mol. The minimum atomic E-state index is 0.559. The minimum absolute atomic E-state index is 0.559. The number of hydrogen-bond acceptors (Lipinski definition) is 3. The first-order chi connectivity index (χ1) is 8.31. The van der Waals surface area contributed by atoms with Crippen molar-refractivity contribution in [2.45, 2.75) is 13.0 Å². The Bertz CT molecular complexity index is 407. The van der Waals surface area contributed by atoms with Crippen LogP contribution in [0.25, 0.3) is 0 Å². The molecule has 0 unspecified atom stereocenters. The molecule has 0 atom stereocenters. The van der Waals surface area contributed by atoms with Crippen molar-refractivity contribution in [3.05, 3.63) is 35.4 Å². The number of ether oxygens (including phenoxy) is 2. The molecule has 0 bridgehead atoms. The lowest BCUT2D eigenvalue weighted by Gasteiger charge is -2.20. The van der Waals surface area contributed by atoms with Crippen LogP contribution in [-0.2, 0) is 6.54 Å². The van der Waals surface area contributed by atoms with E-state index in [-0.39, 0.29) is 0 Å². The lowest BCUT2D eigenvalue weighted by Crippen LogP contribution is -2.17. The highest BCUT2D eigenvalue weighted by Crippen LogP contribution is 2.38. The molecule has 0 aliphatic carbocycles. The van der Waals surface area contributed by atoms with E-state index in [2.05, 4.69) is 11.9 Å². The third kappa shape index (κ3) is 3.14. The summed E-state index contributed by atoms with van der Waals surface area (Å²) in [7, 11) is 0. The van der Waals surface area contributed by atoms with E-state index < -0.39 is 0 Å². The SMILES string of the molecule is C=CCCNCc1cc(Cl)c2c(c1)OCCO2. The zero-order valence-electron chi connectivity index (χ0n) is 9.67. The molecule has 2 rings (SSSR count). The number of benzene rings is 1. The van der Waals surface area contributed by atoms with Crippen LogP contribution >= 0.6 is 11.6 Å². The molecule has 4 heteroatoms. The van der Waals surface area contributed by atoms with Gasteiger partial charge in [0, 0.05) is 6.54 Å². The van der Waals surface area contributed by atoms with Crippen LogP contribution in [0.15, 0.2) is 24.8 Å². The van der Waals surface area contributed by atoms with E-state index in [0.29, 0.717) is 24.0 Å². The maximum Gasteiger partial charge on any atom is 0.179 e. The standard InChI is InChI=1S/C13H16ClNO2/c1-2-3-4-15-9-10-7-11(14)13-12(8-10)16-5-6-17-13/h2,7-8,15H,1,3-6,9H2. The Morgan fingerprint density at radius 2 is 2.18 bits per heavy atom. The van der Waals surface area contributed by atoms with E-state index in [1.54, 1.807) is 0 Å². The summed E-state index contributed by atoms with van der Waals surface area (Å²) in [5, 5.41) is 3.92. The van der Waals surface area contributed by atoms with Crippen molar-refractivity contribution >= 4 is 11.6 Å². The third-order valence-electron chi connectivity index (χ3n) is 2.51. The van der Waals surface area contributed by atoms with Crippen molar-refractivity contribution in [2.75, 3.05) is 19.8 Å². The molecular weight excluding hydrogens is 238 g/mol. The van der Waals surface area contributed by atoms with Crippen molar-refractivity contribution < 1.29 is 9.47 Å². The molecule has 1 heterocycles. The van der Waals surface area contributed by atoms with Crippen LogP contribution in [0.3, 0.4) is 0 Å². The van der Waals surface area contributed by atoms with Gasteiger partial charge in [0.2, 0.25) is 0 Å². The van der Waals surface area contributed by atoms with E-state index in [4.69, 9.17) is 21.1 Å². The monoisotopic (exact) mass is 253 g/mol. The quantitative estimate of drug-likeness (QED) is 0.647. The summed E-state index contributed by atoms with van der Waals surface area (Å²) >= 11 is 6.14. The number of fused-ring (bicyclic) bond motifs is 1. The highest BCUT2D eigenvalue weighted by Gasteiger charge is 2.16. The van der Waals surface area contributed by atoms with Gasteiger partial charge in [-0.3, -0.25) is 0 Å². The lowest BCUT2D eigenvalue weighted by molar-refractivity contribution is 0.171. The molecule has 1 aliphatic rings. The molecule has 0 amide bonds. The van der Waals surface area contributed by atoms with Crippen molar-refractivity contribution in [2.24, 2.45) is 0 Å². The van der Waals surface area contributed by atoms with Crippen LogP contribution in [0.5, 0.6) is 11.5 Å². The maximum absolute atomic E-state index is 6.14. The van der Waals surface area contributed by atoms with Gasteiger partial charge in [0.05, 0.1) is 5.02 Å². The van der Waals surface area contributed by atoms with Crippen LogP contribution in [0, 0.1) is 0 Å². The summed E-state index contributed by atoms with van der Waals surface area (Å²) in [6.07, 6.45) is 2.85. The molecule has 0 spiro atoms. The van der Waals surface area contributed by atoms with Gasteiger partial charge in [-0.1, -0.05) is 17.7 Å². The highest BCUT2D eigenvalue weighted by molar-refractivity contribution is 6.32. The molecule has 17 heavy (non-hydrogen) atoms. The second-order valence-corrected chi connectivity index (χ2v) is 4.26. The van der Waals surface area contributed by atoms with E-state index in [0.717, 1.165) is 30.8 Å². The van der Waals surface area contributed by atoms with Gasteiger partial charge in [0.25, 0.3) is 0 Å². The molecule has 3 nitrogen and oxygen atoms in total. The molecule has 0 radical (unpaired) electrons. The second kappa shape index (κ2) is 5.94. The second-order valence-electron chi connectivity index (χ2n) is 3.86. The predicted octanol–water partition coefficient (Wildman–Crippen LogP) is 2.78. The summed E-state index contributed by atoms with van der Waals surface area (Å²) in [6, 6.07) is 3.89. The van der Waals surface area contributed by atoms with Gasteiger partial charge in [-0.2, -0.15) is 0 Å². The van der Waals surface area contributed by atoms with Gasteiger partial charge >= 0.3 is 0 Å². The minimum Gasteiger partial charge on any atom is -0.486 e. The average Bonchev–Trinajstić information content (AvgIpc) is 2.35. The molecule has 0 fully saturated rings. The van der Waals surface area contributed by atoms with Gasteiger partial charge in [0.1, 0.15) is 13.2 Å². The number of hydrogen-bond donors (Lipinski definition) is 1. The van der Waals surface area contributed by atoms with Gasteiger partial charge in [-0.15, -0.1) is 6.58 Å². The molecular formula is C13H16ClNO2. The van der Waals surface area contributed by atoms with Crippen molar-refractivity contribution in [1.29, 1.82) is 0 Å². The summed E-state index contributed by atoms with van der Waals surface area (Å²) < 4.78 is 11.0. The Hall–Kier alpha value is -1.19. The molecule has 0 saturated heterocycles. The van der Waals surface area contributed by atoms with E-state index in [9.17, 15) is 0 Å². The fraction of sp³-hybridized carbons (Fsp3) is 0.385. The zero-order chi connectivity index (χ0) is 12.1. The third-order valence-corrected chi connectivity index (χ3v) is 2.79. The zero-order valence-corrected chi connectivity index (χ0v) is 10.4. The van der Waals surface area contributed by atoms with Crippen molar-refractivity contribution in [3.8, 4) is 11.5 Å². The fourth-order valence-electron chi connectivity index (χ4n) is 1.70. The molecule has 1 aliphatic heterocycles. The number of rotatable bonds is 5. The summed E-state index contributed by atoms with van der Waals surface area (Å²) in [6.45, 7) is 6.50. The van der Waals surface area contributed by atoms with Gasteiger partial charge in [-0.05, 0) is 30.7 Å². The molecule has 1 N–H and O–H groups in total. The maximum atomic E-state index is 6.14. The first kappa shape index (κ1) is 12.3. The predicted molar refractivity (Wildman–Crippen MR) is 69.0 cm³/mol. The first-order valence-electron chi connectivity index (χ1n) is 5.71. The molecule has 0 aromatic heterocycles. The van der Waals surface area contributed by atoms with Crippen LogP contribution in [0.2, 0.25) is 5.02 Å². The Balaban J connectivity index is 2.03.